The second kappa shape index (κ2) is 9.87. The molecule has 1 aromatic heterocycles. The summed E-state index contributed by atoms with van der Waals surface area (Å²) in [6.45, 7) is 5.20. The van der Waals surface area contributed by atoms with E-state index in [1.165, 1.54) is 18.4 Å². The minimum Gasteiger partial charge on any atom is -0.318 e. The van der Waals surface area contributed by atoms with Crippen molar-refractivity contribution in [3.8, 4) is 0 Å². The van der Waals surface area contributed by atoms with Crippen LogP contribution >= 0.6 is 0 Å². The predicted octanol–water partition coefficient (Wildman–Crippen LogP) is 2.84. The summed E-state index contributed by atoms with van der Waals surface area (Å²) in [5, 5.41) is 0.217. The molecule has 2 heterocycles. The Morgan fingerprint density at radius 2 is 2.00 bits per heavy atom. The Bertz CT molecular complexity index is 879. The quantitative estimate of drug-likeness (QED) is 0.594. The Morgan fingerprint density at radius 3 is 2.66 bits per heavy atom. The number of benzene rings is 1. The minimum atomic E-state index is -3.34. The molecular weight excluding hydrogens is 384 g/mol. The fourth-order valence-electron chi connectivity index (χ4n) is 4.13. The Hall–Kier alpha value is -1.70. The molecule has 0 unspecified atom stereocenters. The van der Waals surface area contributed by atoms with E-state index in [0.717, 1.165) is 31.6 Å². The molecule has 0 spiro atoms. The Kier molecular flexibility index (Phi) is 7.49. The lowest BCUT2D eigenvalue weighted by Gasteiger charge is -2.26. The summed E-state index contributed by atoms with van der Waals surface area (Å²) in [5.74, 6) is 0.0743. The van der Waals surface area contributed by atoms with E-state index in [1.54, 1.807) is 13.1 Å². The van der Waals surface area contributed by atoms with Gasteiger partial charge in [-0.25, -0.2) is 13.4 Å². The number of hydrogen-bond acceptors (Lipinski definition) is 5. The van der Waals surface area contributed by atoms with Crippen molar-refractivity contribution in [1.29, 1.82) is 0 Å². The number of rotatable bonds is 10. The van der Waals surface area contributed by atoms with Crippen LogP contribution < -0.4 is 0 Å². The van der Waals surface area contributed by atoms with Crippen LogP contribution in [0.15, 0.2) is 41.7 Å². The lowest BCUT2D eigenvalue weighted by molar-refractivity contribution is 0.212. The summed E-state index contributed by atoms with van der Waals surface area (Å²) in [6.07, 6.45) is 6.04. The van der Waals surface area contributed by atoms with Gasteiger partial charge >= 0.3 is 0 Å². The molecule has 1 saturated heterocycles. The van der Waals surface area contributed by atoms with Crippen molar-refractivity contribution in [1.82, 2.24) is 19.4 Å². The zero-order valence-electron chi connectivity index (χ0n) is 17.9. The van der Waals surface area contributed by atoms with Gasteiger partial charge in [-0.05, 0) is 51.9 Å². The average Bonchev–Trinajstić information content (AvgIpc) is 3.29. The number of likely N-dealkylation sites (N-methyl/N-ethyl adjacent to an activating group) is 2. The van der Waals surface area contributed by atoms with Crippen molar-refractivity contribution in [2.45, 2.75) is 56.9 Å². The van der Waals surface area contributed by atoms with Gasteiger partial charge in [0.2, 0.25) is 15.0 Å². The van der Waals surface area contributed by atoms with Gasteiger partial charge in [0.25, 0.3) is 0 Å². The number of aromatic nitrogens is 2. The first-order valence-corrected chi connectivity index (χ1v) is 12.3. The van der Waals surface area contributed by atoms with Gasteiger partial charge in [0.15, 0.2) is 0 Å². The van der Waals surface area contributed by atoms with Crippen LogP contribution in [0.4, 0.5) is 0 Å². The molecule has 29 heavy (non-hydrogen) atoms. The van der Waals surface area contributed by atoms with E-state index in [0.29, 0.717) is 19.1 Å². The number of sulfone groups is 1. The lowest BCUT2D eigenvalue weighted by Crippen LogP contribution is -2.36. The highest BCUT2D eigenvalue weighted by Gasteiger charge is 2.24. The third-order valence-electron chi connectivity index (χ3n) is 5.88. The maximum atomic E-state index is 12.6. The molecule has 0 amide bonds. The van der Waals surface area contributed by atoms with Crippen LogP contribution in [0.3, 0.4) is 0 Å². The van der Waals surface area contributed by atoms with Crippen molar-refractivity contribution in [2.24, 2.45) is 0 Å². The van der Waals surface area contributed by atoms with Crippen LogP contribution in [0.25, 0.3) is 0 Å². The van der Waals surface area contributed by atoms with E-state index >= 15 is 0 Å². The molecule has 1 aromatic carbocycles. The fourth-order valence-corrected chi connectivity index (χ4v) is 5.15. The standard InChI is InChI=1S/C22H34N4O2S/c1-4-29(27,28)22-23-16-21(18-24(2)17-20-13-9-14-25(20)3)26(22)15-8-12-19-10-6-5-7-11-19/h5-7,10-11,16,20H,4,8-9,12-15,17-18H2,1-3H3/t20-/m0/s1. The summed E-state index contributed by atoms with van der Waals surface area (Å²) < 4.78 is 27.1. The highest BCUT2D eigenvalue weighted by molar-refractivity contribution is 7.91. The first kappa shape index (κ1) is 22.0. The smallest absolute Gasteiger partial charge is 0.227 e. The molecule has 1 aliphatic heterocycles. The zero-order valence-corrected chi connectivity index (χ0v) is 18.7. The molecule has 0 bridgehead atoms. The van der Waals surface area contributed by atoms with Gasteiger partial charge < -0.3 is 9.47 Å². The van der Waals surface area contributed by atoms with E-state index in [9.17, 15) is 8.42 Å². The second-order valence-corrected chi connectivity index (χ2v) is 10.3. The van der Waals surface area contributed by atoms with Gasteiger partial charge in [-0.3, -0.25) is 4.90 Å². The van der Waals surface area contributed by atoms with Crippen molar-refractivity contribution in [3.63, 3.8) is 0 Å². The number of nitrogens with zero attached hydrogens (tertiary/aromatic N) is 4. The molecule has 7 heteroatoms. The number of hydrogen-bond donors (Lipinski definition) is 0. The predicted molar refractivity (Wildman–Crippen MR) is 117 cm³/mol. The van der Waals surface area contributed by atoms with E-state index in [-0.39, 0.29) is 10.9 Å². The first-order chi connectivity index (χ1) is 13.9. The van der Waals surface area contributed by atoms with E-state index in [4.69, 9.17) is 0 Å². The maximum absolute atomic E-state index is 12.6. The van der Waals surface area contributed by atoms with Crippen LogP contribution in [-0.2, 0) is 29.3 Å². The molecule has 0 aliphatic carbocycles. The number of aryl methyl sites for hydroxylation is 1. The molecule has 1 aliphatic rings. The van der Waals surface area contributed by atoms with Gasteiger partial charge in [0, 0.05) is 25.7 Å². The normalized spacial score (nSPS) is 18.0. The van der Waals surface area contributed by atoms with Crippen LogP contribution in [-0.4, -0.2) is 66.7 Å². The topological polar surface area (TPSA) is 58.4 Å². The summed E-state index contributed by atoms with van der Waals surface area (Å²) in [4.78, 5) is 9.03. The van der Waals surface area contributed by atoms with Gasteiger partial charge in [0.05, 0.1) is 17.6 Å². The molecule has 2 aromatic rings. The van der Waals surface area contributed by atoms with E-state index in [1.807, 2.05) is 22.8 Å². The Balaban J connectivity index is 1.71. The largest absolute Gasteiger partial charge is 0.318 e. The first-order valence-electron chi connectivity index (χ1n) is 10.6. The molecule has 0 radical (unpaired) electrons. The van der Waals surface area contributed by atoms with Crippen LogP contribution in [0.2, 0.25) is 0 Å². The zero-order chi connectivity index (χ0) is 20.9. The van der Waals surface area contributed by atoms with E-state index in [2.05, 4.69) is 41.0 Å². The van der Waals surface area contributed by atoms with Crippen molar-refractivity contribution in [3.05, 3.63) is 47.8 Å². The molecule has 160 valence electrons. The number of imidazole rings is 1. The SMILES string of the molecule is CCS(=O)(=O)c1ncc(CN(C)C[C@@H]2CCCN2C)n1CCCc1ccccc1. The minimum absolute atomic E-state index is 0.0743. The summed E-state index contributed by atoms with van der Waals surface area (Å²) in [5.41, 5.74) is 2.25. The van der Waals surface area contributed by atoms with Crippen LogP contribution in [0.1, 0.15) is 37.4 Å². The summed E-state index contributed by atoms with van der Waals surface area (Å²) >= 11 is 0. The molecule has 1 fully saturated rings. The number of likely N-dealkylation sites (tertiary alicyclic amines) is 1. The third-order valence-corrected chi connectivity index (χ3v) is 7.52. The monoisotopic (exact) mass is 418 g/mol. The van der Waals surface area contributed by atoms with Crippen LogP contribution in [0.5, 0.6) is 0 Å². The van der Waals surface area contributed by atoms with Gasteiger partial charge in [-0.2, -0.15) is 0 Å². The average molecular weight is 419 g/mol. The molecule has 0 N–H and O–H groups in total. The van der Waals surface area contributed by atoms with Gasteiger partial charge in [-0.15, -0.1) is 0 Å². The van der Waals surface area contributed by atoms with E-state index < -0.39 is 9.84 Å². The van der Waals surface area contributed by atoms with Crippen molar-refractivity contribution < 1.29 is 8.42 Å². The second-order valence-electron chi connectivity index (χ2n) is 8.15. The van der Waals surface area contributed by atoms with Crippen molar-refractivity contribution in [2.75, 3.05) is 32.9 Å². The van der Waals surface area contributed by atoms with Crippen LogP contribution in [0, 0.1) is 0 Å². The third kappa shape index (κ3) is 5.68. The molecule has 0 saturated carbocycles. The Morgan fingerprint density at radius 1 is 1.24 bits per heavy atom. The molecule has 1 atom stereocenters. The van der Waals surface area contributed by atoms with Gasteiger partial charge in [0.1, 0.15) is 0 Å². The fraction of sp³-hybridized carbons (Fsp3) is 0.591. The Labute approximate surface area is 175 Å². The molecular formula is C22H34N4O2S. The lowest BCUT2D eigenvalue weighted by atomic mass is 10.1. The molecule has 6 nitrogen and oxygen atoms in total. The summed E-state index contributed by atoms with van der Waals surface area (Å²) in [6, 6.07) is 10.9. The maximum Gasteiger partial charge on any atom is 0.227 e. The molecule has 3 rings (SSSR count). The summed E-state index contributed by atoms with van der Waals surface area (Å²) in [7, 11) is 0.953. The highest BCUT2D eigenvalue weighted by Crippen LogP contribution is 2.19. The van der Waals surface area contributed by atoms with Crippen molar-refractivity contribution >= 4 is 9.84 Å². The van der Waals surface area contributed by atoms with Gasteiger partial charge in [-0.1, -0.05) is 37.3 Å². The highest BCUT2D eigenvalue weighted by atomic mass is 32.2.